The minimum atomic E-state index is -6.14. The van der Waals surface area contributed by atoms with Gasteiger partial charge in [0.25, 0.3) is 5.56 Å². The van der Waals surface area contributed by atoms with Crippen LogP contribution in [0, 0.1) is 0 Å². The molecule has 0 aromatic carbocycles. The van der Waals surface area contributed by atoms with Crippen LogP contribution in [0.15, 0.2) is 21.9 Å². The van der Waals surface area contributed by atoms with E-state index in [2.05, 4.69) is 13.1 Å². The number of rotatable bonds is 9. The van der Waals surface area contributed by atoms with Crippen molar-refractivity contribution in [3.05, 3.63) is 33.1 Å². The van der Waals surface area contributed by atoms with E-state index >= 15 is 4.39 Å². The number of nitrogens with one attached hydrogen (secondary N) is 1. The van der Waals surface area contributed by atoms with Crippen molar-refractivity contribution in [2.45, 2.75) is 24.1 Å². The van der Waals surface area contributed by atoms with Gasteiger partial charge < -0.3 is 29.4 Å². The number of aliphatic hydroxyl groups is 1. The van der Waals surface area contributed by atoms with E-state index in [1.165, 1.54) is 0 Å². The van der Waals surface area contributed by atoms with Crippen molar-refractivity contribution in [3.63, 3.8) is 0 Å². The largest absolute Gasteiger partial charge is 0.490 e. The minimum Gasteiger partial charge on any atom is -0.387 e. The second kappa shape index (κ2) is 9.02. The average molecular weight is 520 g/mol. The third kappa shape index (κ3) is 6.44. The summed E-state index contributed by atoms with van der Waals surface area (Å²) < 4.78 is 93.5. The van der Waals surface area contributed by atoms with E-state index in [9.17, 15) is 37.7 Å². The van der Waals surface area contributed by atoms with Gasteiger partial charge in [0.1, 0.15) is 18.9 Å². The number of phosphoric ester groups is 1. The van der Waals surface area contributed by atoms with Crippen LogP contribution in [-0.4, -0.2) is 65.3 Å². The molecule has 1 fully saturated rings. The van der Waals surface area contributed by atoms with E-state index in [1.54, 1.807) is 4.98 Å². The van der Waals surface area contributed by atoms with Crippen LogP contribution < -0.4 is 11.2 Å². The first kappa shape index (κ1) is 23.0. The Morgan fingerprint density at radius 1 is 1.23 bits per heavy atom. The maximum Gasteiger partial charge on any atom is 0.490 e. The summed E-state index contributed by atoms with van der Waals surface area (Å²) in [5, 5.41) is 10.1. The summed E-state index contributed by atoms with van der Waals surface area (Å²) in [5.74, 6) is 0. The van der Waals surface area contributed by atoms with Crippen LogP contribution in [0.25, 0.3) is 0 Å². The lowest BCUT2D eigenvalue weighted by molar-refractivity contribution is -0.0731. The molecule has 1 aliphatic heterocycles. The van der Waals surface area contributed by atoms with Gasteiger partial charge in [0.2, 0.25) is 5.67 Å². The summed E-state index contributed by atoms with van der Waals surface area (Å²) in [4.78, 5) is 60.2. The highest BCUT2D eigenvalue weighted by molar-refractivity contribution is 7.66. The zero-order valence-corrected chi connectivity index (χ0v) is 17.2. The lowest BCUT2D eigenvalue weighted by Gasteiger charge is -2.26. The fourth-order valence-electron chi connectivity index (χ4n) is 2.29. The Bertz CT molecular complexity index is 1160. The molecule has 0 saturated carbocycles. The zero-order valence-electron chi connectivity index (χ0n) is 16.5. The number of aliphatic hydroxyl groups excluding tert-OH is 1. The number of aromatic amines is 1. The number of halogens is 2. The van der Waals surface area contributed by atoms with E-state index in [4.69, 9.17) is 22.2 Å². The summed E-state index contributed by atoms with van der Waals surface area (Å²) in [7, 11) is -18.0. The second-order valence-electron chi connectivity index (χ2n) is 5.73. The third-order valence-corrected chi connectivity index (χ3v) is 7.14. The summed E-state index contributed by atoms with van der Waals surface area (Å²) in [5.41, 5.74) is -5.91. The standard InChI is InChI=1S/C10H15F2N2O14P3/c11-4-10(12)7(16)5(26-8(10)14-2-1-6(15)13-9(14)17)3-25-30(21,22)28-31(23,24)27-29(18,19)20/h1-2,5,7-8,16H,3-4H2,(H,21,22)(H,23,24)(H,13,15,17)(H2,18,19,20)/t5-,7+,8-,10?/m1/s1/i3D2. The summed E-state index contributed by atoms with van der Waals surface area (Å²) in [6.07, 6.45) is -7.41. The molecule has 0 amide bonds. The molecule has 2 rings (SSSR count). The fraction of sp³-hybridized carbons (Fsp3) is 0.600. The molecule has 1 aliphatic rings. The van der Waals surface area contributed by atoms with Gasteiger partial charge >= 0.3 is 29.2 Å². The predicted molar refractivity (Wildman–Crippen MR) is 90.9 cm³/mol. The lowest BCUT2D eigenvalue weighted by Crippen LogP contribution is -2.47. The van der Waals surface area contributed by atoms with Crippen molar-refractivity contribution in [1.29, 1.82) is 0 Å². The second-order valence-corrected chi connectivity index (χ2v) is 10.1. The summed E-state index contributed by atoms with van der Waals surface area (Å²) in [6.45, 7) is -5.95. The quantitative estimate of drug-likeness (QED) is 0.210. The van der Waals surface area contributed by atoms with Crippen LogP contribution in [0.1, 0.15) is 8.97 Å². The zero-order chi connectivity index (χ0) is 25.6. The molecular weight excluding hydrogens is 503 g/mol. The number of aromatic nitrogens is 2. The van der Waals surface area contributed by atoms with Crippen LogP contribution in [0.5, 0.6) is 0 Å². The SMILES string of the molecule is [2H]C([2H])(OP(=O)(O)OP(=O)(O)OP(=O)(O)O)[C@H]1O[C@@H](n2ccc(=O)[nH]c2=O)C(F)(CF)[C@H]1O. The molecule has 16 nitrogen and oxygen atoms in total. The van der Waals surface area contributed by atoms with Crippen molar-refractivity contribution in [2.75, 3.05) is 13.2 Å². The van der Waals surface area contributed by atoms with Crippen LogP contribution >= 0.6 is 23.5 Å². The van der Waals surface area contributed by atoms with E-state index < -0.39 is 72.1 Å². The van der Waals surface area contributed by atoms with Gasteiger partial charge in [-0.25, -0.2) is 27.3 Å². The van der Waals surface area contributed by atoms with Crippen LogP contribution in [-0.2, 0) is 31.6 Å². The minimum absolute atomic E-state index is 0.227. The van der Waals surface area contributed by atoms with Crippen LogP contribution in [0.4, 0.5) is 8.78 Å². The van der Waals surface area contributed by atoms with Gasteiger partial charge in [-0.1, -0.05) is 0 Å². The van der Waals surface area contributed by atoms with E-state index in [1.807, 2.05) is 0 Å². The number of ether oxygens (including phenoxy) is 1. The Balaban J connectivity index is 2.35. The summed E-state index contributed by atoms with van der Waals surface area (Å²) in [6, 6.07) is 0.670. The maximum absolute atomic E-state index is 15.2. The van der Waals surface area contributed by atoms with E-state index in [0.29, 0.717) is 12.3 Å². The van der Waals surface area contributed by atoms with E-state index in [0.717, 1.165) is 0 Å². The molecule has 1 aromatic rings. The van der Waals surface area contributed by atoms with Gasteiger partial charge in [-0.2, -0.15) is 8.62 Å². The van der Waals surface area contributed by atoms with Gasteiger partial charge in [-0.05, 0) is 0 Å². The monoisotopic (exact) mass is 520 g/mol. The number of alkyl halides is 2. The molecule has 1 aromatic heterocycles. The van der Waals surface area contributed by atoms with Crippen LogP contribution in [0.2, 0.25) is 0 Å². The van der Waals surface area contributed by atoms with Crippen molar-refractivity contribution in [2.24, 2.45) is 0 Å². The van der Waals surface area contributed by atoms with Crippen molar-refractivity contribution >= 4 is 23.5 Å². The number of hydrogen-bond donors (Lipinski definition) is 6. The molecule has 31 heavy (non-hydrogen) atoms. The highest BCUT2D eigenvalue weighted by atomic mass is 31.3. The Kier molecular flexibility index (Phi) is 6.70. The van der Waals surface area contributed by atoms with Crippen molar-refractivity contribution in [1.82, 2.24) is 9.55 Å². The van der Waals surface area contributed by atoms with Crippen molar-refractivity contribution < 1.29 is 67.8 Å². The number of H-pyrrole nitrogens is 1. The molecule has 0 spiro atoms. The normalized spacial score (nSPS) is 32.0. The first-order chi connectivity index (χ1) is 14.7. The Morgan fingerprint density at radius 2 is 1.84 bits per heavy atom. The molecule has 2 heterocycles. The molecule has 0 bridgehead atoms. The predicted octanol–water partition coefficient (Wildman–Crippen LogP) is -1.18. The first-order valence-electron chi connectivity index (χ1n) is 8.47. The third-order valence-electron chi connectivity index (χ3n) is 3.47. The highest BCUT2D eigenvalue weighted by Gasteiger charge is 2.59. The molecule has 1 saturated heterocycles. The molecule has 3 unspecified atom stereocenters. The van der Waals surface area contributed by atoms with Gasteiger partial charge in [0.15, 0.2) is 6.23 Å². The van der Waals surface area contributed by atoms with Gasteiger partial charge in [0, 0.05) is 12.3 Å². The number of nitrogens with zero attached hydrogens (tertiary/aromatic N) is 1. The smallest absolute Gasteiger partial charge is 0.387 e. The van der Waals surface area contributed by atoms with Gasteiger partial charge in [-0.15, -0.1) is 0 Å². The topological polar surface area (TPSA) is 244 Å². The summed E-state index contributed by atoms with van der Waals surface area (Å²) >= 11 is 0. The molecule has 178 valence electrons. The Hall–Kier alpha value is -1.13. The molecular formula is C10H15F2N2O14P3. The number of hydrogen-bond acceptors (Lipinski definition) is 10. The molecule has 0 aliphatic carbocycles. The van der Waals surface area contributed by atoms with E-state index in [-0.39, 0.29) is 4.57 Å². The Morgan fingerprint density at radius 3 is 2.35 bits per heavy atom. The molecule has 0 radical (unpaired) electrons. The fourth-order valence-corrected chi connectivity index (χ4v) is 5.16. The lowest BCUT2D eigenvalue weighted by atomic mass is 9.97. The van der Waals surface area contributed by atoms with Gasteiger partial charge in [-0.3, -0.25) is 18.9 Å². The molecule has 6 N–H and O–H groups in total. The Labute approximate surface area is 172 Å². The van der Waals surface area contributed by atoms with Gasteiger partial charge in [0.05, 0.1) is 9.30 Å². The van der Waals surface area contributed by atoms with Crippen LogP contribution in [0.3, 0.4) is 0 Å². The first-order valence-corrected chi connectivity index (χ1v) is 12.0. The molecule has 6 atom stereocenters. The van der Waals surface area contributed by atoms with Crippen molar-refractivity contribution in [3.8, 4) is 0 Å². The highest BCUT2D eigenvalue weighted by Crippen LogP contribution is 2.66. The average Bonchev–Trinajstić information content (AvgIpc) is 2.83. The molecule has 21 heteroatoms. The maximum atomic E-state index is 15.2. The number of phosphoric acid groups is 3.